The zero-order chi connectivity index (χ0) is 15.4. The Labute approximate surface area is 128 Å². The van der Waals surface area contributed by atoms with Crippen LogP contribution in [0.1, 0.15) is 64.8 Å². The molecule has 2 N–H and O–H groups in total. The van der Waals surface area contributed by atoms with E-state index in [0.29, 0.717) is 22.8 Å². The summed E-state index contributed by atoms with van der Waals surface area (Å²) in [6.07, 6.45) is 2.46. The molecule has 2 aliphatic rings. The van der Waals surface area contributed by atoms with E-state index in [1.165, 1.54) is 12.8 Å². The highest BCUT2D eigenvalue weighted by atomic mass is 15.1. The van der Waals surface area contributed by atoms with Crippen molar-refractivity contribution in [3.05, 3.63) is 11.4 Å². The lowest BCUT2D eigenvalue weighted by atomic mass is 10.0. The van der Waals surface area contributed by atoms with Crippen LogP contribution in [-0.2, 0) is 0 Å². The molecule has 0 bridgehead atoms. The maximum atomic E-state index is 4.83. The second-order valence-corrected chi connectivity index (χ2v) is 7.73. The lowest BCUT2D eigenvalue weighted by Crippen LogP contribution is -2.15. The van der Waals surface area contributed by atoms with Gasteiger partial charge >= 0.3 is 0 Å². The highest BCUT2D eigenvalue weighted by Crippen LogP contribution is 2.63. The zero-order valence-electron chi connectivity index (χ0n) is 14.2. The van der Waals surface area contributed by atoms with Gasteiger partial charge in [0.15, 0.2) is 0 Å². The average molecular weight is 288 g/mol. The third-order valence-corrected chi connectivity index (χ3v) is 5.75. The first-order valence-corrected chi connectivity index (χ1v) is 8.18. The van der Waals surface area contributed by atoms with Gasteiger partial charge in [-0.1, -0.05) is 27.7 Å². The normalized spacial score (nSPS) is 23.0. The highest BCUT2D eigenvalue weighted by Gasteiger charge is 2.65. The van der Waals surface area contributed by atoms with Gasteiger partial charge in [-0.2, -0.15) is 0 Å². The quantitative estimate of drug-likeness (QED) is 0.861. The summed E-state index contributed by atoms with van der Waals surface area (Å²) in [5.41, 5.74) is 1.75. The molecule has 0 aromatic carbocycles. The van der Waals surface area contributed by atoms with Crippen LogP contribution in [0.25, 0.3) is 0 Å². The summed E-state index contributed by atoms with van der Waals surface area (Å²) < 4.78 is 0. The first-order chi connectivity index (χ1) is 9.79. The molecule has 0 unspecified atom stereocenters. The molecule has 4 heteroatoms. The zero-order valence-corrected chi connectivity index (χ0v) is 14.2. The van der Waals surface area contributed by atoms with E-state index >= 15 is 0 Å². The Morgan fingerprint density at radius 1 is 1.05 bits per heavy atom. The summed E-state index contributed by atoms with van der Waals surface area (Å²) in [7, 11) is 0. The van der Waals surface area contributed by atoms with Gasteiger partial charge in [0, 0.05) is 24.1 Å². The number of nitrogens with zero attached hydrogens (tertiary/aromatic N) is 2. The standard InChI is InChI=1S/C17H28N4/c1-7-18-12-10(2)13(20-14(19-12)11-8-9-11)21-15-16(3,4)17(15,5)6/h11,15H,7-9H2,1-6H3,(H2,18,19,20,21). The van der Waals surface area contributed by atoms with Gasteiger partial charge in [0.25, 0.3) is 0 Å². The van der Waals surface area contributed by atoms with E-state index < -0.39 is 0 Å². The Kier molecular flexibility index (Phi) is 3.19. The second-order valence-electron chi connectivity index (χ2n) is 7.73. The first kappa shape index (κ1) is 14.6. The van der Waals surface area contributed by atoms with Crippen LogP contribution < -0.4 is 10.6 Å². The van der Waals surface area contributed by atoms with Crippen molar-refractivity contribution in [3.8, 4) is 0 Å². The molecular formula is C17H28N4. The second kappa shape index (κ2) is 4.59. The third-order valence-electron chi connectivity index (χ3n) is 5.75. The van der Waals surface area contributed by atoms with Crippen LogP contribution in [-0.4, -0.2) is 22.6 Å². The SMILES string of the molecule is CCNc1nc(C2CC2)nc(NC2C(C)(C)C2(C)C)c1C. The molecule has 0 radical (unpaired) electrons. The van der Waals surface area contributed by atoms with E-state index in [0.717, 1.165) is 29.6 Å². The van der Waals surface area contributed by atoms with Crippen LogP contribution in [0.3, 0.4) is 0 Å². The van der Waals surface area contributed by atoms with Crippen LogP contribution in [0, 0.1) is 17.8 Å². The van der Waals surface area contributed by atoms with Gasteiger partial charge < -0.3 is 10.6 Å². The molecule has 4 nitrogen and oxygen atoms in total. The van der Waals surface area contributed by atoms with Gasteiger partial charge in [-0.3, -0.25) is 0 Å². The molecule has 116 valence electrons. The number of rotatable bonds is 5. The van der Waals surface area contributed by atoms with Gasteiger partial charge in [0.05, 0.1) is 0 Å². The number of anilines is 2. The van der Waals surface area contributed by atoms with E-state index in [-0.39, 0.29) is 0 Å². The van der Waals surface area contributed by atoms with Crippen LogP contribution in [0.4, 0.5) is 11.6 Å². The van der Waals surface area contributed by atoms with Crippen LogP contribution >= 0.6 is 0 Å². The summed E-state index contributed by atoms with van der Waals surface area (Å²) in [4.78, 5) is 9.55. The summed E-state index contributed by atoms with van der Waals surface area (Å²) >= 11 is 0. The van der Waals surface area contributed by atoms with Crippen molar-refractivity contribution in [1.82, 2.24) is 9.97 Å². The van der Waals surface area contributed by atoms with Gasteiger partial charge in [0.1, 0.15) is 17.5 Å². The Hall–Kier alpha value is -1.32. The van der Waals surface area contributed by atoms with Crippen LogP contribution in [0.15, 0.2) is 0 Å². The molecule has 0 spiro atoms. The molecule has 3 rings (SSSR count). The predicted molar refractivity (Wildman–Crippen MR) is 87.9 cm³/mol. The Bertz CT molecular complexity index is 544. The van der Waals surface area contributed by atoms with Crippen molar-refractivity contribution in [3.63, 3.8) is 0 Å². The molecule has 0 amide bonds. The molecular weight excluding hydrogens is 260 g/mol. The maximum Gasteiger partial charge on any atom is 0.136 e. The molecule has 1 aromatic rings. The Balaban J connectivity index is 1.90. The summed E-state index contributed by atoms with van der Waals surface area (Å²) in [6.45, 7) is 14.4. The van der Waals surface area contributed by atoms with Crippen LogP contribution in [0.2, 0.25) is 0 Å². The van der Waals surface area contributed by atoms with Crippen molar-refractivity contribution in [2.24, 2.45) is 10.8 Å². The van der Waals surface area contributed by atoms with Gasteiger partial charge in [-0.15, -0.1) is 0 Å². The van der Waals surface area contributed by atoms with Crippen molar-refractivity contribution in [2.45, 2.75) is 66.3 Å². The molecule has 2 fully saturated rings. The van der Waals surface area contributed by atoms with Gasteiger partial charge in [-0.05, 0) is 37.5 Å². The van der Waals surface area contributed by atoms with Crippen molar-refractivity contribution < 1.29 is 0 Å². The summed E-state index contributed by atoms with van der Waals surface area (Å²) in [6, 6.07) is 0.472. The van der Waals surface area contributed by atoms with Crippen molar-refractivity contribution in [2.75, 3.05) is 17.2 Å². The number of nitrogens with one attached hydrogen (secondary N) is 2. The number of aromatic nitrogens is 2. The van der Waals surface area contributed by atoms with Crippen molar-refractivity contribution in [1.29, 1.82) is 0 Å². The van der Waals surface area contributed by atoms with Crippen molar-refractivity contribution >= 4 is 11.6 Å². The molecule has 1 heterocycles. The Morgan fingerprint density at radius 3 is 2.10 bits per heavy atom. The van der Waals surface area contributed by atoms with E-state index in [2.05, 4.69) is 52.2 Å². The van der Waals surface area contributed by atoms with Gasteiger partial charge in [0.2, 0.25) is 0 Å². The summed E-state index contributed by atoms with van der Waals surface area (Å²) in [5.74, 6) is 3.60. The lowest BCUT2D eigenvalue weighted by molar-refractivity contribution is 0.457. The third kappa shape index (κ3) is 2.29. The summed E-state index contributed by atoms with van der Waals surface area (Å²) in [5, 5.41) is 7.08. The molecule has 2 saturated carbocycles. The molecule has 0 saturated heterocycles. The molecule has 1 aromatic heterocycles. The minimum Gasteiger partial charge on any atom is -0.370 e. The molecule has 2 aliphatic carbocycles. The van der Waals surface area contributed by atoms with E-state index in [9.17, 15) is 0 Å². The predicted octanol–water partition coefficient (Wildman–Crippen LogP) is 3.94. The Morgan fingerprint density at radius 2 is 1.62 bits per heavy atom. The fourth-order valence-corrected chi connectivity index (χ4v) is 3.23. The van der Waals surface area contributed by atoms with E-state index in [4.69, 9.17) is 9.97 Å². The van der Waals surface area contributed by atoms with E-state index in [1.54, 1.807) is 0 Å². The topological polar surface area (TPSA) is 49.8 Å². The fraction of sp³-hybridized carbons (Fsp3) is 0.765. The number of hydrogen-bond donors (Lipinski definition) is 2. The highest BCUT2D eigenvalue weighted by molar-refractivity contribution is 5.59. The average Bonchev–Trinajstić information content (AvgIpc) is 3.28. The molecule has 21 heavy (non-hydrogen) atoms. The monoisotopic (exact) mass is 288 g/mol. The largest absolute Gasteiger partial charge is 0.370 e. The first-order valence-electron chi connectivity index (χ1n) is 8.18. The number of hydrogen-bond acceptors (Lipinski definition) is 4. The smallest absolute Gasteiger partial charge is 0.136 e. The maximum absolute atomic E-state index is 4.83. The molecule has 0 atom stereocenters. The molecule has 0 aliphatic heterocycles. The minimum atomic E-state index is 0.308. The fourth-order valence-electron chi connectivity index (χ4n) is 3.23. The minimum absolute atomic E-state index is 0.308. The van der Waals surface area contributed by atoms with Crippen LogP contribution in [0.5, 0.6) is 0 Å². The van der Waals surface area contributed by atoms with Gasteiger partial charge in [-0.25, -0.2) is 9.97 Å². The lowest BCUT2D eigenvalue weighted by Gasteiger charge is -2.15. The van der Waals surface area contributed by atoms with E-state index in [1.807, 2.05) is 0 Å².